The van der Waals surface area contributed by atoms with Gasteiger partial charge in [-0.3, -0.25) is 9.35 Å². The normalized spacial score (nSPS) is 18.1. The van der Waals surface area contributed by atoms with Gasteiger partial charge in [-0.25, -0.2) is 4.18 Å². The predicted molar refractivity (Wildman–Crippen MR) is 366 cm³/mol. The monoisotopic (exact) mass is 1260 g/mol. The third kappa shape index (κ3) is 55.0. The van der Waals surface area contributed by atoms with Crippen molar-refractivity contribution in [1.29, 1.82) is 0 Å². The van der Waals surface area contributed by atoms with E-state index >= 15 is 0 Å². The molecule has 518 valence electrons. The molecule has 0 aliphatic carbocycles. The Morgan fingerprint density at radius 2 is 0.736 bits per heavy atom. The molecule has 1 aliphatic rings. The molecule has 87 heavy (non-hydrogen) atoms. The highest BCUT2D eigenvalue weighted by Gasteiger charge is 2.48. The van der Waals surface area contributed by atoms with Gasteiger partial charge in [-0.05, 0) is 38.5 Å². The number of hydrogen-bond acceptors (Lipinski definition) is 10. The van der Waals surface area contributed by atoms with E-state index in [1.54, 1.807) is 0 Å². The molecule has 7 unspecified atom stereocenters. The second-order valence-electron chi connectivity index (χ2n) is 26.9. The van der Waals surface area contributed by atoms with Crippen LogP contribution in [0.1, 0.15) is 399 Å². The molecule has 6 N–H and O–H groups in total. The summed E-state index contributed by atoms with van der Waals surface area (Å²) < 4.78 is 48.2. The Morgan fingerprint density at radius 1 is 0.448 bits per heavy atom. The van der Waals surface area contributed by atoms with Gasteiger partial charge in [-0.15, -0.1) is 0 Å². The average molecular weight is 1260 g/mol. The number of ether oxygens (including phenoxy) is 2. The summed E-state index contributed by atoms with van der Waals surface area (Å²) in [5.74, 6) is -0.220. The molecule has 1 saturated heterocycles. The number of amides is 1. The molecule has 0 radical (unpaired) electrons. The Morgan fingerprint density at radius 3 is 1.03 bits per heavy atom. The summed E-state index contributed by atoms with van der Waals surface area (Å²) >= 11 is 0. The van der Waals surface area contributed by atoms with Gasteiger partial charge < -0.3 is 35.2 Å². The summed E-state index contributed by atoms with van der Waals surface area (Å²) in [6.07, 6.45) is 72.8. The molecule has 13 heteroatoms. The van der Waals surface area contributed by atoms with Gasteiger partial charge in [0.1, 0.15) is 24.4 Å². The van der Waals surface area contributed by atoms with Crippen molar-refractivity contribution in [3.63, 3.8) is 0 Å². The Bertz CT molecular complexity index is 1570. The van der Waals surface area contributed by atoms with Crippen molar-refractivity contribution in [1.82, 2.24) is 5.32 Å². The number of allylic oxidation sites excluding steroid dienone is 2. The van der Waals surface area contributed by atoms with E-state index in [0.29, 0.717) is 12.8 Å². The molecule has 0 aromatic heterocycles. The molecule has 0 aromatic carbocycles. The summed E-state index contributed by atoms with van der Waals surface area (Å²) in [5, 5.41) is 45.4. The quantitative estimate of drug-likeness (QED) is 0.0193. The fourth-order valence-electron chi connectivity index (χ4n) is 12.8. The molecular weight excluding hydrogens is 1110 g/mol. The second kappa shape index (κ2) is 63.6. The third-order valence-electron chi connectivity index (χ3n) is 18.6. The SMILES string of the molecule is CCCCCCCCCCCCCCCCCCCC/C=C\CCCCCCCCCCCCCCCCCCCC(=O)NC(COC1OC(CO)C(O)C(OS(=O)(=O)O)C1O)C(O)CCCCCCCCCCCCCCCCCCCCCCC. The van der Waals surface area contributed by atoms with Crippen LogP contribution < -0.4 is 5.32 Å². The number of hydrogen-bond donors (Lipinski definition) is 6. The number of aliphatic hydroxyl groups excluding tert-OH is 4. The fourth-order valence-corrected chi connectivity index (χ4v) is 13.3. The van der Waals surface area contributed by atoms with Crippen LogP contribution in [-0.4, -0.2) is 95.4 Å². The van der Waals surface area contributed by atoms with Crippen LogP contribution in [-0.2, 0) is 28.9 Å². The zero-order valence-corrected chi connectivity index (χ0v) is 57.9. The summed E-state index contributed by atoms with van der Waals surface area (Å²) in [5.41, 5.74) is 0. The minimum absolute atomic E-state index is 0.220. The van der Waals surface area contributed by atoms with Crippen LogP contribution in [0.2, 0.25) is 0 Å². The Labute approximate surface area is 538 Å². The van der Waals surface area contributed by atoms with E-state index < -0.39 is 59.9 Å². The van der Waals surface area contributed by atoms with Crippen molar-refractivity contribution >= 4 is 16.3 Å². The van der Waals surface area contributed by atoms with Crippen molar-refractivity contribution in [3.05, 3.63) is 12.2 Å². The fraction of sp³-hybridized carbons (Fsp3) is 0.959. The van der Waals surface area contributed by atoms with Gasteiger partial charge in [-0.2, -0.15) is 8.42 Å². The number of carbonyl (C=O) groups is 1. The van der Waals surface area contributed by atoms with E-state index in [9.17, 15) is 38.2 Å². The van der Waals surface area contributed by atoms with Crippen molar-refractivity contribution in [3.8, 4) is 0 Å². The first-order chi connectivity index (χ1) is 42.5. The van der Waals surface area contributed by atoms with Gasteiger partial charge in [0, 0.05) is 6.42 Å². The van der Waals surface area contributed by atoms with Crippen molar-refractivity contribution in [2.24, 2.45) is 0 Å². The van der Waals surface area contributed by atoms with E-state index in [-0.39, 0.29) is 12.5 Å². The molecule has 0 spiro atoms. The maximum atomic E-state index is 13.2. The summed E-state index contributed by atoms with van der Waals surface area (Å²) in [6.45, 7) is 3.53. The lowest BCUT2D eigenvalue weighted by atomic mass is 9.99. The Balaban J connectivity index is 2.14. The largest absolute Gasteiger partial charge is 0.397 e. The van der Waals surface area contributed by atoms with Crippen LogP contribution in [0.5, 0.6) is 0 Å². The van der Waals surface area contributed by atoms with Gasteiger partial charge in [-0.1, -0.05) is 366 Å². The van der Waals surface area contributed by atoms with Crippen LogP contribution in [0.3, 0.4) is 0 Å². The van der Waals surface area contributed by atoms with E-state index in [2.05, 4.69) is 35.5 Å². The number of unbranched alkanes of at least 4 members (excludes halogenated alkanes) is 55. The van der Waals surface area contributed by atoms with Gasteiger partial charge in [0.05, 0.1) is 25.4 Å². The molecule has 0 aromatic rings. The molecule has 1 heterocycles. The molecule has 1 aliphatic heterocycles. The van der Waals surface area contributed by atoms with Crippen LogP contribution >= 0.6 is 0 Å². The standard InChI is InChI=1S/C74H145NO11S/c1-3-5-7-9-11-13-15-17-19-21-23-25-26-27-28-29-30-31-32-33-34-35-36-37-38-39-40-41-42-44-46-48-50-52-54-56-58-60-62-64-70(78)75-67(66-84-74-72(80)73(86-87(81,82)83)71(79)69(65-76)85-74)68(77)63-61-59-57-55-53-51-49-47-45-43-24-22-20-18-16-14-12-10-8-6-4-2/h33-34,67-69,71-74,76-77,79-80H,3-32,35-66H2,1-2H3,(H,75,78)(H,81,82,83)/b34-33-. The van der Waals surface area contributed by atoms with E-state index in [0.717, 1.165) is 51.4 Å². The molecule has 1 rings (SSSR count). The van der Waals surface area contributed by atoms with Crippen molar-refractivity contribution in [2.75, 3.05) is 13.2 Å². The van der Waals surface area contributed by atoms with Crippen LogP contribution in [0.4, 0.5) is 0 Å². The van der Waals surface area contributed by atoms with Gasteiger partial charge in [0.2, 0.25) is 5.91 Å². The van der Waals surface area contributed by atoms with E-state index in [4.69, 9.17) is 9.47 Å². The van der Waals surface area contributed by atoms with Crippen molar-refractivity contribution in [2.45, 2.75) is 442 Å². The molecule has 7 atom stereocenters. The minimum atomic E-state index is -5.08. The minimum Gasteiger partial charge on any atom is -0.394 e. The summed E-state index contributed by atoms with van der Waals surface area (Å²) in [7, 11) is -5.08. The van der Waals surface area contributed by atoms with Gasteiger partial charge >= 0.3 is 10.4 Å². The zero-order valence-electron chi connectivity index (χ0n) is 57.1. The summed E-state index contributed by atoms with van der Waals surface area (Å²) in [4.78, 5) is 13.2. The van der Waals surface area contributed by atoms with Crippen LogP contribution in [0.25, 0.3) is 0 Å². The molecule has 12 nitrogen and oxygen atoms in total. The third-order valence-corrected chi connectivity index (χ3v) is 19.0. The van der Waals surface area contributed by atoms with E-state index in [1.807, 2.05) is 0 Å². The Hall–Kier alpha value is -1.16. The van der Waals surface area contributed by atoms with Crippen molar-refractivity contribution < 1.29 is 51.8 Å². The number of carbonyl (C=O) groups excluding carboxylic acids is 1. The van der Waals surface area contributed by atoms with E-state index in [1.165, 1.54) is 321 Å². The van der Waals surface area contributed by atoms with Crippen LogP contribution in [0, 0.1) is 0 Å². The number of aliphatic hydroxyl groups is 4. The maximum Gasteiger partial charge on any atom is 0.397 e. The smallest absolute Gasteiger partial charge is 0.394 e. The van der Waals surface area contributed by atoms with Gasteiger partial charge in [0.15, 0.2) is 6.29 Å². The topological polar surface area (TPSA) is 192 Å². The van der Waals surface area contributed by atoms with Crippen LogP contribution in [0.15, 0.2) is 12.2 Å². The Kier molecular flexibility index (Phi) is 61.3. The second-order valence-corrected chi connectivity index (χ2v) is 28.0. The molecule has 0 bridgehead atoms. The molecule has 0 saturated carbocycles. The molecular formula is C74H145NO11S. The first-order valence-electron chi connectivity index (χ1n) is 38.1. The zero-order chi connectivity index (χ0) is 63.2. The predicted octanol–water partition coefficient (Wildman–Crippen LogP) is 20.5. The highest BCUT2D eigenvalue weighted by Crippen LogP contribution is 2.27. The average Bonchev–Trinajstić information content (AvgIpc) is 1.79. The lowest BCUT2D eigenvalue weighted by Gasteiger charge is -2.41. The number of rotatable bonds is 69. The highest BCUT2D eigenvalue weighted by atomic mass is 32.3. The first-order valence-corrected chi connectivity index (χ1v) is 39.4. The number of nitrogens with one attached hydrogen (secondary N) is 1. The maximum absolute atomic E-state index is 13.2. The van der Waals surface area contributed by atoms with Gasteiger partial charge in [0.25, 0.3) is 0 Å². The highest BCUT2D eigenvalue weighted by molar-refractivity contribution is 7.80. The summed E-state index contributed by atoms with van der Waals surface area (Å²) in [6, 6.07) is -0.857. The first kappa shape index (κ1) is 83.9. The molecule has 1 amide bonds. The lowest BCUT2D eigenvalue weighted by Crippen LogP contribution is -2.61. The lowest BCUT2D eigenvalue weighted by molar-refractivity contribution is -0.298. The molecule has 1 fully saturated rings.